The van der Waals surface area contributed by atoms with Gasteiger partial charge in [0.1, 0.15) is 11.6 Å². The van der Waals surface area contributed by atoms with Gasteiger partial charge in [-0.15, -0.1) is 0 Å². The number of amides is 1. The standard InChI is InChI=1S/C22H21F2N3O/c1-13-10-15(23)7-9-16(13)17-8-6-14(11-19(17)24)22(28)26-20-4-3-5-21-18(20)12-25-27(21)2/h6-12,20H,3-5H2,1-2H3,(H,26,28). The van der Waals surface area contributed by atoms with Crippen LogP contribution in [0.5, 0.6) is 0 Å². The van der Waals surface area contributed by atoms with Crippen molar-refractivity contribution in [2.45, 2.75) is 32.2 Å². The molecule has 4 rings (SSSR count). The van der Waals surface area contributed by atoms with E-state index in [1.807, 2.05) is 11.7 Å². The molecule has 1 atom stereocenters. The molecule has 1 heterocycles. The van der Waals surface area contributed by atoms with E-state index in [0.29, 0.717) is 16.7 Å². The van der Waals surface area contributed by atoms with Crippen molar-refractivity contribution in [1.82, 2.24) is 15.1 Å². The fraction of sp³-hybridized carbons (Fsp3) is 0.273. The zero-order valence-corrected chi connectivity index (χ0v) is 15.8. The van der Waals surface area contributed by atoms with E-state index in [4.69, 9.17) is 0 Å². The lowest BCUT2D eigenvalue weighted by Crippen LogP contribution is -2.31. The minimum absolute atomic E-state index is 0.118. The van der Waals surface area contributed by atoms with E-state index >= 15 is 0 Å². The number of nitrogens with one attached hydrogen (secondary N) is 1. The molecule has 4 nitrogen and oxygen atoms in total. The molecule has 3 aromatic rings. The lowest BCUT2D eigenvalue weighted by molar-refractivity contribution is 0.0932. The summed E-state index contributed by atoms with van der Waals surface area (Å²) in [6.07, 6.45) is 4.54. The number of hydrogen-bond donors (Lipinski definition) is 1. The average molecular weight is 381 g/mol. The Morgan fingerprint density at radius 3 is 2.71 bits per heavy atom. The van der Waals surface area contributed by atoms with E-state index in [-0.39, 0.29) is 23.3 Å². The molecular formula is C22H21F2N3O. The van der Waals surface area contributed by atoms with Gasteiger partial charge in [0.05, 0.1) is 12.2 Å². The van der Waals surface area contributed by atoms with Crippen LogP contribution in [0.1, 0.15) is 46.1 Å². The highest BCUT2D eigenvalue weighted by Crippen LogP contribution is 2.30. The Morgan fingerprint density at radius 2 is 1.96 bits per heavy atom. The number of hydrogen-bond acceptors (Lipinski definition) is 2. The molecule has 0 bridgehead atoms. The summed E-state index contributed by atoms with van der Waals surface area (Å²) in [4.78, 5) is 12.7. The van der Waals surface area contributed by atoms with Crippen molar-refractivity contribution in [3.8, 4) is 11.1 Å². The van der Waals surface area contributed by atoms with Gasteiger partial charge < -0.3 is 5.32 Å². The molecule has 6 heteroatoms. The molecule has 1 aromatic heterocycles. The van der Waals surface area contributed by atoms with Crippen molar-refractivity contribution < 1.29 is 13.6 Å². The van der Waals surface area contributed by atoms with Crippen LogP contribution in [0.4, 0.5) is 8.78 Å². The molecule has 1 aliphatic carbocycles. The Kier molecular flexibility index (Phi) is 4.71. The predicted molar refractivity (Wildman–Crippen MR) is 103 cm³/mol. The number of benzene rings is 2. The first-order valence-electron chi connectivity index (χ1n) is 9.32. The number of aromatic nitrogens is 2. The SMILES string of the molecule is Cc1cc(F)ccc1-c1ccc(C(=O)NC2CCCc3c2cnn3C)cc1F. The Balaban J connectivity index is 1.57. The maximum absolute atomic E-state index is 14.7. The van der Waals surface area contributed by atoms with Gasteiger partial charge in [0.2, 0.25) is 0 Å². The van der Waals surface area contributed by atoms with E-state index in [1.165, 1.54) is 18.2 Å². The van der Waals surface area contributed by atoms with E-state index in [2.05, 4.69) is 10.4 Å². The van der Waals surface area contributed by atoms with Crippen molar-refractivity contribution in [3.05, 3.63) is 76.6 Å². The summed E-state index contributed by atoms with van der Waals surface area (Å²) >= 11 is 0. The highest BCUT2D eigenvalue weighted by atomic mass is 19.1. The number of fused-ring (bicyclic) bond motifs is 1. The molecule has 1 unspecified atom stereocenters. The Hall–Kier alpha value is -3.02. The first kappa shape index (κ1) is 18.3. The van der Waals surface area contributed by atoms with Crippen molar-refractivity contribution in [3.63, 3.8) is 0 Å². The van der Waals surface area contributed by atoms with Crippen LogP contribution in [0.25, 0.3) is 11.1 Å². The maximum Gasteiger partial charge on any atom is 0.251 e. The summed E-state index contributed by atoms with van der Waals surface area (Å²) in [6, 6.07) is 8.51. The highest BCUT2D eigenvalue weighted by molar-refractivity contribution is 5.95. The highest BCUT2D eigenvalue weighted by Gasteiger charge is 2.25. The summed E-state index contributed by atoms with van der Waals surface area (Å²) < 4.78 is 29.9. The van der Waals surface area contributed by atoms with Crippen LogP contribution in [0, 0.1) is 18.6 Å². The second-order valence-corrected chi connectivity index (χ2v) is 7.24. The fourth-order valence-corrected chi connectivity index (χ4v) is 3.90. The van der Waals surface area contributed by atoms with Crippen LogP contribution in [-0.4, -0.2) is 15.7 Å². The first-order chi connectivity index (χ1) is 13.4. The van der Waals surface area contributed by atoms with Gasteiger partial charge in [-0.25, -0.2) is 8.78 Å². The summed E-state index contributed by atoms with van der Waals surface area (Å²) in [5.74, 6) is -1.18. The molecule has 0 aliphatic heterocycles. The molecule has 0 spiro atoms. The van der Waals surface area contributed by atoms with Crippen LogP contribution < -0.4 is 5.32 Å². The van der Waals surface area contributed by atoms with Crippen LogP contribution >= 0.6 is 0 Å². The number of carbonyl (C=O) groups excluding carboxylic acids is 1. The second-order valence-electron chi connectivity index (χ2n) is 7.24. The molecule has 0 saturated heterocycles. The fourth-order valence-electron chi connectivity index (χ4n) is 3.90. The molecule has 28 heavy (non-hydrogen) atoms. The molecular weight excluding hydrogens is 360 g/mol. The molecule has 0 fully saturated rings. The minimum Gasteiger partial charge on any atom is -0.345 e. The minimum atomic E-state index is -0.506. The van der Waals surface area contributed by atoms with Gasteiger partial charge in [0.25, 0.3) is 5.91 Å². The van der Waals surface area contributed by atoms with Crippen LogP contribution in [0.15, 0.2) is 42.6 Å². The van der Waals surface area contributed by atoms with Gasteiger partial charge in [0, 0.05) is 29.4 Å². The molecule has 144 valence electrons. The monoisotopic (exact) mass is 381 g/mol. The van der Waals surface area contributed by atoms with Gasteiger partial charge >= 0.3 is 0 Å². The van der Waals surface area contributed by atoms with Crippen LogP contribution in [-0.2, 0) is 13.5 Å². The van der Waals surface area contributed by atoms with Crippen molar-refractivity contribution >= 4 is 5.91 Å². The maximum atomic E-state index is 14.7. The van der Waals surface area contributed by atoms with E-state index in [1.54, 1.807) is 31.3 Å². The average Bonchev–Trinajstić information content (AvgIpc) is 3.04. The molecule has 0 saturated carbocycles. The van der Waals surface area contributed by atoms with Crippen molar-refractivity contribution in [2.24, 2.45) is 7.05 Å². The van der Waals surface area contributed by atoms with Crippen LogP contribution in [0.3, 0.4) is 0 Å². The number of aryl methyl sites for hydroxylation is 2. The number of halogens is 2. The van der Waals surface area contributed by atoms with Gasteiger partial charge in [-0.3, -0.25) is 9.48 Å². The molecule has 1 N–H and O–H groups in total. The first-order valence-corrected chi connectivity index (χ1v) is 9.32. The summed E-state index contributed by atoms with van der Waals surface area (Å²) in [7, 11) is 1.90. The lowest BCUT2D eigenvalue weighted by Gasteiger charge is -2.24. The molecule has 0 radical (unpaired) electrons. The molecule has 1 aliphatic rings. The zero-order valence-electron chi connectivity index (χ0n) is 15.8. The summed E-state index contributed by atoms with van der Waals surface area (Å²) in [5.41, 5.74) is 4.02. The second kappa shape index (κ2) is 7.19. The quantitative estimate of drug-likeness (QED) is 0.727. The number of nitrogens with zero attached hydrogens (tertiary/aromatic N) is 2. The van der Waals surface area contributed by atoms with Gasteiger partial charge in [-0.05, 0) is 61.6 Å². The Bertz CT molecular complexity index is 1060. The summed E-state index contributed by atoms with van der Waals surface area (Å²) in [5, 5.41) is 7.28. The van der Waals surface area contributed by atoms with E-state index in [9.17, 15) is 13.6 Å². The van der Waals surface area contributed by atoms with Gasteiger partial charge in [0.15, 0.2) is 0 Å². The molecule has 1 amide bonds. The van der Waals surface area contributed by atoms with Crippen molar-refractivity contribution in [1.29, 1.82) is 0 Å². The smallest absolute Gasteiger partial charge is 0.251 e. The molecule has 2 aromatic carbocycles. The van der Waals surface area contributed by atoms with Gasteiger partial charge in [-0.1, -0.05) is 12.1 Å². The van der Waals surface area contributed by atoms with E-state index < -0.39 is 5.82 Å². The normalized spacial score (nSPS) is 15.9. The largest absolute Gasteiger partial charge is 0.345 e. The van der Waals surface area contributed by atoms with Gasteiger partial charge in [-0.2, -0.15) is 5.10 Å². The van der Waals surface area contributed by atoms with Crippen LogP contribution in [0.2, 0.25) is 0 Å². The van der Waals surface area contributed by atoms with E-state index in [0.717, 1.165) is 30.5 Å². The predicted octanol–water partition coefficient (Wildman–Crippen LogP) is 4.48. The lowest BCUT2D eigenvalue weighted by atomic mass is 9.92. The number of carbonyl (C=O) groups is 1. The Morgan fingerprint density at radius 1 is 1.18 bits per heavy atom. The third-order valence-electron chi connectivity index (χ3n) is 5.39. The summed E-state index contributed by atoms with van der Waals surface area (Å²) in [6.45, 7) is 1.73. The third kappa shape index (κ3) is 3.30. The topological polar surface area (TPSA) is 46.9 Å². The zero-order chi connectivity index (χ0) is 19.8. The van der Waals surface area contributed by atoms with Crippen molar-refractivity contribution in [2.75, 3.05) is 0 Å². The number of rotatable bonds is 3. The Labute approximate surface area is 162 Å². The third-order valence-corrected chi connectivity index (χ3v) is 5.39.